The molecular formula is C14H10ClN5O4. The van der Waals surface area contributed by atoms with Crippen LogP contribution in [0.25, 0.3) is 11.8 Å². The van der Waals surface area contributed by atoms with Gasteiger partial charge in [-0.25, -0.2) is 4.79 Å². The second-order valence-corrected chi connectivity index (χ2v) is 5.22. The van der Waals surface area contributed by atoms with Gasteiger partial charge in [0.05, 0.1) is 5.69 Å². The van der Waals surface area contributed by atoms with E-state index in [-0.39, 0.29) is 12.8 Å². The van der Waals surface area contributed by atoms with Crippen molar-refractivity contribution in [3.05, 3.63) is 41.2 Å². The van der Waals surface area contributed by atoms with Crippen molar-refractivity contribution in [3.8, 4) is 5.69 Å². The Bertz CT molecular complexity index is 818. The number of hydrogen-bond acceptors (Lipinski definition) is 7. The average molecular weight is 348 g/mol. The van der Waals surface area contributed by atoms with Crippen LogP contribution in [0.3, 0.4) is 0 Å². The second kappa shape index (κ2) is 6.59. The second-order valence-electron chi connectivity index (χ2n) is 4.78. The summed E-state index contributed by atoms with van der Waals surface area (Å²) in [5.41, 5.74) is 1.13. The molecule has 0 bridgehead atoms. The molecule has 10 heteroatoms. The Morgan fingerprint density at radius 1 is 1.25 bits per heavy atom. The quantitative estimate of drug-likeness (QED) is 0.598. The molecule has 1 fully saturated rings. The maximum Gasteiger partial charge on any atom is 0.356 e. The molecule has 122 valence electrons. The predicted molar refractivity (Wildman–Crippen MR) is 80.4 cm³/mol. The number of halogens is 1. The zero-order valence-electron chi connectivity index (χ0n) is 12.1. The topological polar surface area (TPSA) is 107 Å². The van der Waals surface area contributed by atoms with E-state index in [0.29, 0.717) is 21.3 Å². The van der Waals surface area contributed by atoms with Crippen LogP contribution < -0.4 is 0 Å². The first-order valence-electron chi connectivity index (χ1n) is 6.83. The Labute approximate surface area is 140 Å². The predicted octanol–water partition coefficient (Wildman–Crippen LogP) is 0.936. The summed E-state index contributed by atoms with van der Waals surface area (Å²) >= 11 is 5.96. The summed E-state index contributed by atoms with van der Waals surface area (Å²) in [6.07, 6.45) is 3.97. The Morgan fingerprint density at radius 2 is 2.00 bits per heavy atom. The van der Waals surface area contributed by atoms with Gasteiger partial charge in [-0.15, -0.1) is 10.2 Å². The molecule has 0 spiro atoms. The molecule has 0 aliphatic carbocycles. The van der Waals surface area contributed by atoms with Crippen molar-refractivity contribution >= 4 is 35.5 Å². The fraction of sp³-hybridized carbons (Fsp3) is 0.143. The maximum absolute atomic E-state index is 11.8. The number of rotatable bonds is 4. The minimum absolute atomic E-state index is 0.0353. The number of aromatic nitrogens is 4. The first-order chi connectivity index (χ1) is 11.5. The summed E-state index contributed by atoms with van der Waals surface area (Å²) < 4.78 is 1.40. The molecule has 0 saturated carbocycles. The molecule has 2 amide bonds. The third-order valence-electron chi connectivity index (χ3n) is 3.17. The number of amides is 2. The van der Waals surface area contributed by atoms with Crippen molar-refractivity contribution in [2.24, 2.45) is 0 Å². The fourth-order valence-electron chi connectivity index (χ4n) is 2.08. The summed E-state index contributed by atoms with van der Waals surface area (Å²) in [5, 5.41) is 11.8. The van der Waals surface area contributed by atoms with Crippen molar-refractivity contribution < 1.29 is 19.2 Å². The number of imide groups is 1. The van der Waals surface area contributed by atoms with Crippen molar-refractivity contribution in [1.29, 1.82) is 0 Å². The molecule has 3 rings (SSSR count). The molecule has 1 saturated heterocycles. The van der Waals surface area contributed by atoms with Crippen LogP contribution in [0.15, 0.2) is 30.6 Å². The van der Waals surface area contributed by atoms with Crippen LogP contribution in [-0.4, -0.2) is 43.1 Å². The highest BCUT2D eigenvalue weighted by Gasteiger charge is 2.32. The van der Waals surface area contributed by atoms with E-state index in [1.165, 1.54) is 17.1 Å². The maximum atomic E-state index is 11.8. The number of carbonyl (C=O) groups excluding carboxylic acids is 3. The third-order valence-corrected chi connectivity index (χ3v) is 3.41. The molecule has 24 heavy (non-hydrogen) atoms. The number of hydroxylamine groups is 2. The van der Waals surface area contributed by atoms with E-state index in [2.05, 4.69) is 15.5 Å². The molecule has 1 aromatic carbocycles. The van der Waals surface area contributed by atoms with Crippen molar-refractivity contribution in [1.82, 2.24) is 25.3 Å². The normalized spacial score (nSPS) is 14.6. The highest BCUT2D eigenvalue weighted by molar-refractivity contribution is 6.30. The van der Waals surface area contributed by atoms with Crippen molar-refractivity contribution in [3.63, 3.8) is 0 Å². The number of nitrogens with zero attached hydrogens (tertiary/aromatic N) is 5. The lowest BCUT2D eigenvalue weighted by atomic mass is 10.1. The van der Waals surface area contributed by atoms with Crippen LogP contribution in [-0.2, 0) is 19.2 Å². The lowest BCUT2D eigenvalue weighted by molar-refractivity contribution is -0.193. The van der Waals surface area contributed by atoms with Crippen LogP contribution in [0.2, 0.25) is 5.02 Å². The zero-order valence-corrected chi connectivity index (χ0v) is 12.9. The van der Waals surface area contributed by atoms with E-state index in [1.54, 1.807) is 18.2 Å². The SMILES string of the molecule is O=C(/C=C/c1cc(Cl)ccc1-n1cnnn1)ON1C(=O)CCC1=O. The van der Waals surface area contributed by atoms with Crippen LogP contribution >= 0.6 is 11.6 Å². The van der Waals surface area contributed by atoms with Crippen molar-refractivity contribution in [2.75, 3.05) is 0 Å². The molecule has 2 aromatic rings. The molecule has 1 aromatic heterocycles. The van der Waals surface area contributed by atoms with E-state index >= 15 is 0 Å². The van der Waals surface area contributed by atoms with Gasteiger partial charge in [0.2, 0.25) is 0 Å². The third kappa shape index (κ3) is 3.30. The van der Waals surface area contributed by atoms with Gasteiger partial charge in [0.15, 0.2) is 0 Å². The van der Waals surface area contributed by atoms with Crippen molar-refractivity contribution in [2.45, 2.75) is 12.8 Å². The lowest BCUT2D eigenvalue weighted by Gasteiger charge is -2.10. The lowest BCUT2D eigenvalue weighted by Crippen LogP contribution is -2.31. The molecule has 1 aliphatic heterocycles. The Morgan fingerprint density at radius 3 is 2.67 bits per heavy atom. The van der Waals surface area contributed by atoms with Crippen LogP contribution in [0.1, 0.15) is 18.4 Å². The van der Waals surface area contributed by atoms with Gasteiger partial charge in [-0.1, -0.05) is 11.6 Å². The monoisotopic (exact) mass is 347 g/mol. The van der Waals surface area contributed by atoms with Gasteiger partial charge in [-0.2, -0.15) is 4.68 Å². The summed E-state index contributed by atoms with van der Waals surface area (Å²) in [7, 11) is 0. The van der Waals surface area contributed by atoms with E-state index in [9.17, 15) is 14.4 Å². The summed E-state index contributed by atoms with van der Waals surface area (Å²) in [4.78, 5) is 39.4. The standard InChI is InChI=1S/C14H10ClN5O4/c15-10-2-3-11(19-8-16-17-18-19)9(7-10)1-6-14(23)24-20-12(21)4-5-13(20)22/h1-3,6-8H,4-5H2/b6-1+. The van der Waals surface area contributed by atoms with Gasteiger partial charge >= 0.3 is 5.97 Å². The molecule has 9 nitrogen and oxygen atoms in total. The molecule has 1 aliphatic rings. The molecule has 0 radical (unpaired) electrons. The number of benzene rings is 1. The Balaban J connectivity index is 1.79. The van der Waals surface area contributed by atoms with Gasteiger partial charge < -0.3 is 4.84 Å². The molecular weight excluding hydrogens is 338 g/mol. The summed E-state index contributed by atoms with van der Waals surface area (Å²) in [6, 6.07) is 4.93. The molecule has 0 N–H and O–H groups in total. The minimum Gasteiger partial charge on any atom is -0.326 e. The first kappa shape index (κ1) is 15.8. The highest BCUT2D eigenvalue weighted by Crippen LogP contribution is 2.20. The van der Waals surface area contributed by atoms with E-state index in [1.807, 2.05) is 0 Å². The Hall–Kier alpha value is -3.07. The first-order valence-corrected chi connectivity index (χ1v) is 7.21. The molecule has 0 unspecified atom stereocenters. The van der Waals surface area contributed by atoms with E-state index in [4.69, 9.17) is 16.4 Å². The van der Waals surface area contributed by atoms with E-state index < -0.39 is 17.8 Å². The average Bonchev–Trinajstić information content (AvgIpc) is 3.19. The Kier molecular flexibility index (Phi) is 4.34. The van der Waals surface area contributed by atoms with Gasteiger partial charge in [-0.05, 0) is 34.7 Å². The molecule has 0 atom stereocenters. The van der Waals surface area contributed by atoms with Crippen LogP contribution in [0.5, 0.6) is 0 Å². The van der Waals surface area contributed by atoms with E-state index in [0.717, 1.165) is 6.08 Å². The highest BCUT2D eigenvalue weighted by atomic mass is 35.5. The summed E-state index contributed by atoms with van der Waals surface area (Å²) in [5.74, 6) is -1.95. The fourth-order valence-corrected chi connectivity index (χ4v) is 2.26. The number of hydrogen-bond donors (Lipinski definition) is 0. The van der Waals surface area contributed by atoms with Gasteiger partial charge in [0.1, 0.15) is 6.33 Å². The smallest absolute Gasteiger partial charge is 0.326 e. The van der Waals surface area contributed by atoms with Gasteiger partial charge in [-0.3, -0.25) is 9.59 Å². The largest absolute Gasteiger partial charge is 0.356 e. The summed E-state index contributed by atoms with van der Waals surface area (Å²) in [6.45, 7) is 0. The minimum atomic E-state index is -0.860. The molecule has 2 heterocycles. The van der Waals surface area contributed by atoms with Crippen LogP contribution in [0.4, 0.5) is 0 Å². The van der Waals surface area contributed by atoms with Crippen LogP contribution in [0, 0.1) is 0 Å². The number of tetrazole rings is 1. The zero-order chi connectivity index (χ0) is 17.1. The number of carbonyl (C=O) groups is 3. The van der Waals surface area contributed by atoms with Gasteiger partial charge in [0, 0.05) is 29.5 Å². The van der Waals surface area contributed by atoms with Gasteiger partial charge in [0.25, 0.3) is 11.8 Å².